The van der Waals surface area contributed by atoms with Crippen molar-refractivity contribution in [2.45, 2.75) is 25.8 Å². The molecule has 2 aliphatic heterocycles. The van der Waals surface area contributed by atoms with Crippen LogP contribution < -0.4 is 10.9 Å². The summed E-state index contributed by atoms with van der Waals surface area (Å²) in [4.78, 5) is 39.1. The molecule has 1 saturated heterocycles. The number of benzene rings is 2. The van der Waals surface area contributed by atoms with E-state index in [1.54, 1.807) is 6.07 Å². The molecule has 6 heteroatoms. The highest BCUT2D eigenvalue weighted by Crippen LogP contribution is 2.40. The minimum absolute atomic E-state index is 0.0103. The predicted octanol–water partition coefficient (Wildman–Crippen LogP) is 3.73. The number of hydrogen-bond donors (Lipinski definition) is 1. The SMILES string of the molecule is CC(=O)Nc1ccc(-c2ccc(=O)n3c2C2CC(CN(C(=O)c4ccccc4)C2)C3)cc1. The van der Waals surface area contributed by atoms with Crippen LogP contribution in [-0.4, -0.2) is 34.4 Å². The summed E-state index contributed by atoms with van der Waals surface area (Å²) in [7, 11) is 0. The maximum Gasteiger partial charge on any atom is 0.253 e. The van der Waals surface area contributed by atoms with E-state index < -0.39 is 0 Å². The Morgan fingerprint density at radius 2 is 1.66 bits per heavy atom. The van der Waals surface area contributed by atoms with Crippen molar-refractivity contribution in [3.05, 3.63) is 88.3 Å². The Morgan fingerprint density at radius 1 is 0.906 bits per heavy atom. The molecule has 3 aromatic rings. The molecule has 32 heavy (non-hydrogen) atoms. The van der Waals surface area contributed by atoms with Crippen molar-refractivity contribution in [3.63, 3.8) is 0 Å². The highest BCUT2D eigenvalue weighted by atomic mass is 16.2. The standard InChI is InChI=1S/C26H25N3O3/c1-17(30)27-22-9-7-19(8-10-22)23-11-12-24(31)29-15-18-13-21(25(23)29)16-28(14-18)26(32)20-5-3-2-4-6-20/h2-12,18,21H,13-16H2,1H3,(H,27,30). The van der Waals surface area contributed by atoms with Crippen LogP contribution in [0.2, 0.25) is 0 Å². The highest BCUT2D eigenvalue weighted by Gasteiger charge is 2.38. The molecule has 2 aromatic carbocycles. The summed E-state index contributed by atoms with van der Waals surface area (Å²) in [5.74, 6) is 0.309. The van der Waals surface area contributed by atoms with Crippen molar-refractivity contribution in [2.24, 2.45) is 5.92 Å². The first kappa shape index (κ1) is 20.2. The summed E-state index contributed by atoms with van der Waals surface area (Å²) in [5, 5.41) is 2.79. The van der Waals surface area contributed by atoms with Crippen LogP contribution >= 0.6 is 0 Å². The minimum atomic E-state index is -0.113. The number of likely N-dealkylation sites (tertiary alicyclic amines) is 1. The van der Waals surface area contributed by atoms with E-state index in [1.165, 1.54) is 6.92 Å². The van der Waals surface area contributed by atoms with Gasteiger partial charge in [-0.15, -0.1) is 0 Å². The van der Waals surface area contributed by atoms with E-state index in [0.717, 1.165) is 28.9 Å². The lowest BCUT2D eigenvalue weighted by Gasteiger charge is -2.43. The zero-order valence-corrected chi connectivity index (χ0v) is 18.0. The van der Waals surface area contributed by atoms with Crippen LogP contribution in [0.1, 0.15) is 35.3 Å². The zero-order valence-electron chi connectivity index (χ0n) is 18.0. The van der Waals surface area contributed by atoms with Crippen LogP contribution in [0.15, 0.2) is 71.5 Å². The largest absolute Gasteiger partial charge is 0.338 e. The Morgan fingerprint density at radius 3 is 2.38 bits per heavy atom. The maximum atomic E-state index is 13.1. The van der Waals surface area contributed by atoms with Gasteiger partial charge in [0.15, 0.2) is 0 Å². The third-order valence-electron chi connectivity index (χ3n) is 6.41. The summed E-state index contributed by atoms with van der Waals surface area (Å²) in [6, 6.07) is 20.6. The number of fused-ring (bicyclic) bond motifs is 4. The van der Waals surface area contributed by atoms with Gasteiger partial charge in [0.2, 0.25) is 5.91 Å². The normalized spacial score (nSPS) is 19.2. The molecule has 1 N–H and O–H groups in total. The quantitative estimate of drug-likeness (QED) is 0.692. The predicted molar refractivity (Wildman–Crippen MR) is 124 cm³/mol. The van der Waals surface area contributed by atoms with Gasteiger partial charge >= 0.3 is 0 Å². The van der Waals surface area contributed by atoms with Gasteiger partial charge in [0.05, 0.1) is 0 Å². The van der Waals surface area contributed by atoms with Gasteiger partial charge in [0.1, 0.15) is 0 Å². The Bertz CT molecular complexity index is 1230. The van der Waals surface area contributed by atoms with E-state index in [4.69, 9.17) is 0 Å². The number of carbonyl (C=O) groups excluding carboxylic acids is 2. The molecule has 2 aliphatic rings. The van der Waals surface area contributed by atoms with Gasteiger partial charge in [-0.2, -0.15) is 0 Å². The molecule has 1 fully saturated rings. The number of nitrogens with one attached hydrogen (secondary N) is 1. The van der Waals surface area contributed by atoms with Crippen LogP contribution in [0, 0.1) is 5.92 Å². The molecule has 1 aromatic heterocycles. The number of amides is 2. The van der Waals surface area contributed by atoms with Gasteiger partial charge in [-0.05, 0) is 48.2 Å². The second-order valence-electron chi connectivity index (χ2n) is 8.71. The van der Waals surface area contributed by atoms with Crippen molar-refractivity contribution in [3.8, 4) is 11.1 Å². The van der Waals surface area contributed by atoms with Gasteiger partial charge in [-0.3, -0.25) is 14.4 Å². The molecule has 0 saturated carbocycles. The number of anilines is 1. The monoisotopic (exact) mass is 427 g/mol. The van der Waals surface area contributed by atoms with E-state index >= 15 is 0 Å². The molecule has 5 rings (SSSR count). The summed E-state index contributed by atoms with van der Waals surface area (Å²) in [5.41, 5.74) is 4.46. The van der Waals surface area contributed by atoms with Crippen molar-refractivity contribution in [1.29, 1.82) is 0 Å². The average Bonchev–Trinajstić information content (AvgIpc) is 2.80. The summed E-state index contributed by atoms with van der Waals surface area (Å²) in [6.45, 7) is 3.38. The number of nitrogens with zero attached hydrogens (tertiary/aromatic N) is 2. The third kappa shape index (κ3) is 3.73. The molecular weight excluding hydrogens is 402 g/mol. The first-order chi connectivity index (χ1) is 15.5. The topological polar surface area (TPSA) is 71.4 Å². The number of pyridine rings is 1. The molecule has 162 valence electrons. The Labute approximate surface area is 186 Å². The second-order valence-corrected chi connectivity index (χ2v) is 8.71. The van der Waals surface area contributed by atoms with Gasteiger partial charge < -0.3 is 14.8 Å². The lowest BCUT2D eigenvalue weighted by molar-refractivity contribution is -0.114. The second kappa shape index (κ2) is 8.11. The molecule has 6 nitrogen and oxygen atoms in total. The van der Waals surface area contributed by atoms with Crippen LogP contribution in [0.4, 0.5) is 5.69 Å². The Kier molecular flexibility index (Phi) is 5.13. The van der Waals surface area contributed by atoms with Gasteiger partial charge in [-0.1, -0.05) is 30.3 Å². The van der Waals surface area contributed by atoms with Gasteiger partial charge in [0, 0.05) is 61.1 Å². The molecular formula is C26H25N3O3. The molecule has 0 radical (unpaired) electrons. The van der Waals surface area contributed by atoms with E-state index in [0.29, 0.717) is 25.2 Å². The fourth-order valence-electron chi connectivity index (χ4n) is 5.12. The van der Waals surface area contributed by atoms with Crippen LogP contribution in [0.3, 0.4) is 0 Å². The Hall–Kier alpha value is -3.67. The highest BCUT2D eigenvalue weighted by molar-refractivity contribution is 5.94. The molecule has 2 unspecified atom stereocenters. The van der Waals surface area contributed by atoms with Gasteiger partial charge in [0.25, 0.3) is 11.5 Å². The number of hydrogen-bond acceptors (Lipinski definition) is 3. The number of carbonyl (C=O) groups is 2. The van der Waals surface area contributed by atoms with Crippen LogP contribution in [-0.2, 0) is 11.3 Å². The fraction of sp³-hybridized carbons (Fsp3) is 0.269. The molecule has 2 bridgehead atoms. The minimum Gasteiger partial charge on any atom is -0.338 e. The third-order valence-corrected chi connectivity index (χ3v) is 6.41. The molecule has 3 heterocycles. The van der Waals surface area contributed by atoms with E-state index in [9.17, 15) is 14.4 Å². The molecule has 2 amide bonds. The summed E-state index contributed by atoms with van der Waals surface area (Å²) < 4.78 is 1.90. The van der Waals surface area contributed by atoms with Crippen molar-refractivity contribution in [2.75, 3.05) is 18.4 Å². The van der Waals surface area contributed by atoms with Crippen molar-refractivity contribution >= 4 is 17.5 Å². The summed E-state index contributed by atoms with van der Waals surface area (Å²) in [6.07, 6.45) is 0.971. The number of rotatable bonds is 3. The Balaban J connectivity index is 1.50. The summed E-state index contributed by atoms with van der Waals surface area (Å²) >= 11 is 0. The smallest absolute Gasteiger partial charge is 0.253 e. The van der Waals surface area contributed by atoms with Crippen LogP contribution in [0.5, 0.6) is 0 Å². The van der Waals surface area contributed by atoms with Crippen molar-refractivity contribution in [1.82, 2.24) is 9.47 Å². The average molecular weight is 428 g/mol. The zero-order chi connectivity index (χ0) is 22.2. The van der Waals surface area contributed by atoms with Crippen molar-refractivity contribution < 1.29 is 9.59 Å². The maximum absolute atomic E-state index is 13.1. The first-order valence-corrected chi connectivity index (χ1v) is 11.0. The first-order valence-electron chi connectivity index (χ1n) is 11.0. The molecule has 0 spiro atoms. The van der Waals surface area contributed by atoms with Crippen LogP contribution in [0.25, 0.3) is 11.1 Å². The van der Waals surface area contributed by atoms with E-state index in [2.05, 4.69) is 5.32 Å². The lowest BCUT2D eigenvalue weighted by Crippen LogP contribution is -2.49. The number of piperidine rings is 1. The lowest BCUT2D eigenvalue weighted by atomic mass is 9.80. The van der Waals surface area contributed by atoms with E-state index in [-0.39, 0.29) is 29.2 Å². The van der Waals surface area contributed by atoms with E-state index in [1.807, 2.05) is 70.1 Å². The fourth-order valence-corrected chi connectivity index (χ4v) is 5.12. The van der Waals surface area contributed by atoms with Gasteiger partial charge in [-0.25, -0.2) is 0 Å². The molecule has 2 atom stereocenters. The molecule has 0 aliphatic carbocycles. The number of aromatic nitrogens is 1.